The minimum atomic E-state index is -4.95. The van der Waals surface area contributed by atoms with Crippen molar-refractivity contribution in [1.82, 2.24) is 0 Å². The van der Waals surface area contributed by atoms with Crippen LogP contribution in [0.25, 0.3) is 0 Å². The summed E-state index contributed by atoms with van der Waals surface area (Å²) in [6, 6.07) is 0. The molecule has 0 fully saturated rings. The van der Waals surface area contributed by atoms with Crippen LogP contribution in [0.3, 0.4) is 0 Å². The average molecular weight is 1350 g/mol. The molecule has 17 nitrogen and oxygen atoms in total. The maximum atomic E-state index is 13.0. The van der Waals surface area contributed by atoms with E-state index >= 15 is 0 Å². The topological polar surface area (TPSA) is 237 Å². The Balaban J connectivity index is 5.23. The fourth-order valence-electron chi connectivity index (χ4n) is 11.0. The minimum Gasteiger partial charge on any atom is -0.462 e. The Morgan fingerprint density at radius 3 is 0.772 bits per heavy atom. The van der Waals surface area contributed by atoms with Crippen LogP contribution in [0.15, 0.2) is 0 Å². The molecule has 0 saturated heterocycles. The number of hydrogen-bond acceptors (Lipinski definition) is 15. The van der Waals surface area contributed by atoms with Crippen LogP contribution in [0, 0.1) is 23.7 Å². The summed E-state index contributed by atoms with van der Waals surface area (Å²) >= 11 is 0. The number of hydrogen-bond donors (Lipinski definition) is 3. The van der Waals surface area contributed by atoms with Crippen molar-refractivity contribution in [2.75, 3.05) is 39.6 Å². The van der Waals surface area contributed by atoms with Gasteiger partial charge in [0, 0.05) is 25.7 Å². The second-order valence-corrected chi connectivity index (χ2v) is 30.9. The molecule has 0 aromatic heterocycles. The van der Waals surface area contributed by atoms with Crippen molar-refractivity contribution in [2.45, 2.75) is 382 Å². The monoisotopic (exact) mass is 1350 g/mol. The highest BCUT2D eigenvalue weighted by atomic mass is 31.2. The lowest BCUT2D eigenvalue weighted by Gasteiger charge is -2.21. The van der Waals surface area contributed by atoms with Crippen LogP contribution in [0.5, 0.6) is 0 Å². The molecule has 6 atom stereocenters. The molecule has 0 saturated carbocycles. The Labute approximate surface area is 562 Å². The summed E-state index contributed by atoms with van der Waals surface area (Å²) in [6.45, 7) is 14.1. The number of phosphoric ester groups is 2. The molecular weight excluding hydrogens is 1210 g/mol. The summed E-state index contributed by atoms with van der Waals surface area (Å²) in [6.07, 6.45) is 45.9. The molecule has 546 valence electrons. The lowest BCUT2D eigenvalue weighted by Crippen LogP contribution is -2.30. The lowest BCUT2D eigenvalue weighted by atomic mass is 9.99. The van der Waals surface area contributed by atoms with Gasteiger partial charge in [-0.3, -0.25) is 37.3 Å². The number of unbranched alkanes of at least 4 members (excludes halogenated alkanes) is 35. The first-order valence-electron chi connectivity index (χ1n) is 37.7. The third-order valence-electron chi connectivity index (χ3n) is 17.2. The van der Waals surface area contributed by atoms with Gasteiger partial charge < -0.3 is 33.8 Å². The number of rotatable bonds is 70. The van der Waals surface area contributed by atoms with Crippen molar-refractivity contribution in [1.29, 1.82) is 0 Å². The Bertz CT molecular complexity index is 1820. The first-order valence-corrected chi connectivity index (χ1v) is 40.7. The highest BCUT2D eigenvalue weighted by Crippen LogP contribution is 2.45. The Morgan fingerprint density at radius 2 is 0.522 bits per heavy atom. The van der Waals surface area contributed by atoms with Crippen LogP contribution in [-0.4, -0.2) is 96.7 Å². The Morgan fingerprint density at radius 1 is 0.304 bits per heavy atom. The van der Waals surface area contributed by atoms with Gasteiger partial charge in [0.2, 0.25) is 0 Å². The van der Waals surface area contributed by atoms with Crippen molar-refractivity contribution in [3.8, 4) is 0 Å². The van der Waals surface area contributed by atoms with Crippen LogP contribution in [0.2, 0.25) is 0 Å². The summed E-state index contributed by atoms with van der Waals surface area (Å²) < 4.78 is 68.4. The first kappa shape index (κ1) is 90.1. The zero-order valence-electron chi connectivity index (χ0n) is 60.2. The van der Waals surface area contributed by atoms with Gasteiger partial charge >= 0.3 is 39.5 Å². The highest BCUT2D eigenvalue weighted by Gasteiger charge is 2.30. The van der Waals surface area contributed by atoms with Gasteiger partial charge in [0.15, 0.2) is 12.2 Å². The second-order valence-electron chi connectivity index (χ2n) is 28.0. The van der Waals surface area contributed by atoms with E-state index < -0.39 is 97.5 Å². The van der Waals surface area contributed by atoms with E-state index in [0.29, 0.717) is 31.6 Å². The molecule has 3 unspecified atom stereocenters. The van der Waals surface area contributed by atoms with E-state index in [1.165, 1.54) is 161 Å². The second kappa shape index (κ2) is 62.6. The number of phosphoric acid groups is 2. The minimum absolute atomic E-state index is 0.104. The molecule has 19 heteroatoms. The van der Waals surface area contributed by atoms with Crippen LogP contribution in [0.4, 0.5) is 0 Å². The molecular formula is C73H142O17P2. The normalized spacial score (nSPS) is 14.5. The van der Waals surface area contributed by atoms with Gasteiger partial charge in [-0.05, 0) is 49.4 Å². The van der Waals surface area contributed by atoms with E-state index in [1.807, 2.05) is 0 Å². The van der Waals surface area contributed by atoms with Gasteiger partial charge in [-0.2, -0.15) is 0 Å². The fraction of sp³-hybridized carbons (Fsp3) is 0.945. The lowest BCUT2D eigenvalue weighted by molar-refractivity contribution is -0.161. The number of carbonyl (C=O) groups excluding carboxylic acids is 4. The largest absolute Gasteiger partial charge is 0.472 e. The van der Waals surface area contributed by atoms with Crippen molar-refractivity contribution >= 4 is 39.5 Å². The molecule has 0 rings (SSSR count). The summed E-state index contributed by atoms with van der Waals surface area (Å²) in [4.78, 5) is 72.6. The molecule has 0 heterocycles. The maximum absolute atomic E-state index is 13.0. The van der Waals surface area contributed by atoms with Crippen LogP contribution in [-0.2, 0) is 65.4 Å². The molecule has 0 spiro atoms. The summed E-state index contributed by atoms with van der Waals surface area (Å²) in [5, 5.41) is 10.6. The number of aliphatic hydroxyl groups excluding tert-OH is 1. The molecule has 0 aliphatic rings. The molecule has 0 amide bonds. The van der Waals surface area contributed by atoms with Crippen LogP contribution < -0.4 is 0 Å². The van der Waals surface area contributed by atoms with E-state index in [-0.39, 0.29) is 25.7 Å². The fourth-order valence-corrected chi connectivity index (χ4v) is 12.6. The van der Waals surface area contributed by atoms with E-state index in [2.05, 4.69) is 55.4 Å². The van der Waals surface area contributed by atoms with E-state index in [0.717, 1.165) is 114 Å². The van der Waals surface area contributed by atoms with Crippen LogP contribution >= 0.6 is 15.6 Å². The third-order valence-corrected chi connectivity index (χ3v) is 19.1. The number of ether oxygens (including phenoxy) is 4. The molecule has 92 heavy (non-hydrogen) atoms. The van der Waals surface area contributed by atoms with Crippen molar-refractivity contribution < 1.29 is 80.2 Å². The molecule has 3 N–H and O–H groups in total. The zero-order chi connectivity index (χ0) is 68.2. The van der Waals surface area contributed by atoms with E-state index in [9.17, 15) is 43.2 Å². The van der Waals surface area contributed by atoms with Gasteiger partial charge in [0.1, 0.15) is 19.3 Å². The van der Waals surface area contributed by atoms with E-state index in [4.69, 9.17) is 37.0 Å². The first-order chi connectivity index (χ1) is 44.1. The van der Waals surface area contributed by atoms with E-state index in [1.54, 1.807) is 0 Å². The number of esters is 4. The van der Waals surface area contributed by atoms with Gasteiger partial charge in [-0.25, -0.2) is 9.13 Å². The average Bonchev–Trinajstić information content (AvgIpc) is 3.59. The summed E-state index contributed by atoms with van der Waals surface area (Å²) in [5.41, 5.74) is 0. The smallest absolute Gasteiger partial charge is 0.462 e. The van der Waals surface area contributed by atoms with Crippen LogP contribution in [0.1, 0.15) is 364 Å². The van der Waals surface area contributed by atoms with Crippen molar-refractivity contribution in [2.24, 2.45) is 23.7 Å². The quantitative estimate of drug-likeness (QED) is 0.0222. The summed E-state index contributed by atoms with van der Waals surface area (Å²) in [5.74, 6) is 0.887. The SMILES string of the molecule is CCC(C)CCCCCCCCCCC(=O)O[C@H](COC(=O)CCCCCCCCCCCCCC(C)C)COP(=O)(O)OC[C@@H](O)COP(=O)(O)OC[C@@H](COC(=O)CCCCCCCCC(C)C)OC(=O)CCCCCCCCCCCCCCCCC(C)C. The van der Waals surface area contributed by atoms with Gasteiger partial charge in [0.25, 0.3) is 0 Å². The molecule has 0 aromatic carbocycles. The predicted molar refractivity (Wildman–Crippen MR) is 372 cm³/mol. The third kappa shape index (κ3) is 65.4. The predicted octanol–water partition coefficient (Wildman–Crippen LogP) is 20.9. The van der Waals surface area contributed by atoms with Gasteiger partial charge in [-0.15, -0.1) is 0 Å². The molecule has 0 bridgehead atoms. The highest BCUT2D eigenvalue weighted by molar-refractivity contribution is 7.47. The van der Waals surface area contributed by atoms with Crippen molar-refractivity contribution in [3.05, 3.63) is 0 Å². The Kier molecular flexibility index (Phi) is 61.3. The molecule has 0 aliphatic carbocycles. The molecule has 0 aliphatic heterocycles. The van der Waals surface area contributed by atoms with Gasteiger partial charge in [-0.1, -0.05) is 312 Å². The number of carbonyl (C=O) groups is 4. The van der Waals surface area contributed by atoms with Crippen molar-refractivity contribution in [3.63, 3.8) is 0 Å². The molecule has 0 aromatic rings. The Hall–Kier alpha value is -1.94. The summed E-state index contributed by atoms with van der Waals surface area (Å²) in [7, 11) is -9.91. The zero-order valence-corrected chi connectivity index (χ0v) is 62.0. The van der Waals surface area contributed by atoms with Gasteiger partial charge in [0.05, 0.1) is 26.4 Å². The maximum Gasteiger partial charge on any atom is 0.472 e. The number of aliphatic hydroxyl groups is 1. The standard InChI is InChI=1S/C73H142O17P2/c1-9-66(8)52-44-36-27-23-24-30-40-48-56-73(78)90-68(59-83-70(75)53-45-37-28-21-18-14-16-20-26-34-42-50-64(4)5)61-87-91(79,80)85-57-67(74)58-86-92(81,82)88-62-69(60-84-71(76)54-46-38-32-31-35-43-51-65(6)7)89-72(77)55-47-39-29-22-17-13-11-10-12-15-19-25-33-41-49-63(2)3/h63-69,74H,9-62H2,1-8H3,(H,79,80)(H,81,82)/t66?,67-,68-,69-/m1/s1. The molecule has 0 radical (unpaired) electrons.